The Morgan fingerprint density at radius 2 is 2.09 bits per heavy atom. The minimum Gasteiger partial charge on any atom is -0.120 e. The van der Waals surface area contributed by atoms with E-state index in [1.54, 1.807) is 0 Å². The van der Waals surface area contributed by atoms with Gasteiger partial charge < -0.3 is 0 Å². The second-order valence-corrected chi connectivity index (χ2v) is 2.95. The van der Waals surface area contributed by atoms with Crippen molar-refractivity contribution in [2.75, 3.05) is 0 Å². The predicted molar refractivity (Wildman–Crippen MR) is 51.2 cm³/mol. The molecule has 0 aromatic heterocycles. The van der Waals surface area contributed by atoms with Gasteiger partial charge in [-0.15, -0.1) is 12.3 Å². The van der Waals surface area contributed by atoms with Gasteiger partial charge in [-0.2, -0.15) is 0 Å². The highest BCUT2D eigenvalue weighted by atomic mass is 14.1. The van der Waals surface area contributed by atoms with Crippen LogP contribution in [0.2, 0.25) is 0 Å². The highest BCUT2D eigenvalue weighted by Gasteiger charge is 2.05. The van der Waals surface area contributed by atoms with Gasteiger partial charge in [-0.1, -0.05) is 31.2 Å². The van der Waals surface area contributed by atoms with Crippen molar-refractivity contribution in [1.82, 2.24) is 0 Å². The van der Waals surface area contributed by atoms with E-state index < -0.39 is 0 Å². The summed E-state index contributed by atoms with van der Waals surface area (Å²) in [5, 5.41) is 0. The first-order valence-electron chi connectivity index (χ1n) is 3.87. The minimum absolute atomic E-state index is 0.476. The van der Waals surface area contributed by atoms with E-state index in [0.29, 0.717) is 5.92 Å². The number of hydrogen-bond donors (Lipinski definition) is 0. The van der Waals surface area contributed by atoms with Crippen LogP contribution in [0.1, 0.15) is 26.7 Å². The molecule has 0 spiro atoms. The molecule has 0 aliphatic carbocycles. The number of rotatable bonds is 4. The maximum Gasteiger partial charge on any atom is 0.00917 e. The van der Waals surface area contributed by atoms with Gasteiger partial charge in [0.1, 0.15) is 0 Å². The molecule has 0 nitrogen and oxygen atoms in total. The van der Waals surface area contributed by atoms with Crippen LogP contribution in [0.3, 0.4) is 0 Å². The maximum absolute atomic E-state index is 5.15. The predicted octanol–water partition coefficient (Wildman–Crippen LogP) is 3.17. The van der Waals surface area contributed by atoms with Gasteiger partial charge in [-0.3, -0.25) is 0 Å². The smallest absolute Gasteiger partial charge is 0.00917 e. The molecule has 0 saturated heterocycles. The molecule has 0 fully saturated rings. The monoisotopic (exact) mass is 148 g/mol. The molecule has 0 saturated carbocycles. The van der Waals surface area contributed by atoms with E-state index in [9.17, 15) is 0 Å². The summed E-state index contributed by atoms with van der Waals surface area (Å²) < 4.78 is 0. The lowest BCUT2D eigenvalue weighted by Crippen LogP contribution is -1.98. The van der Waals surface area contributed by atoms with Gasteiger partial charge in [-0.05, 0) is 19.3 Å². The standard InChI is InChI=1S/C11H16/c1-6-7-8-10(4)11(5)9(2)3/h1,10H,2,5,7-8H2,3-4H3. The van der Waals surface area contributed by atoms with Gasteiger partial charge in [0.2, 0.25) is 0 Å². The fourth-order valence-corrected chi connectivity index (χ4v) is 0.895. The Bertz CT molecular complexity index is 191. The van der Waals surface area contributed by atoms with Crippen LogP contribution in [0.25, 0.3) is 0 Å². The third kappa shape index (κ3) is 3.68. The molecule has 0 radical (unpaired) electrons. The third-order valence-electron chi connectivity index (χ3n) is 1.86. The summed E-state index contributed by atoms with van der Waals surface area (Å²) in [5.41, 5.74) is 2.19. The molecule has 11 heavy (non-hydrogen) atoms. The normalized spacial score (nSPS) is 11.7. The molecule has 0 bridgehead atoms. The van der Waals surface area contributed by atoms with E-state index in [1.807, 2.05) is 6.92 Å². The van der Waals surface area contributed by atoms with Crippen LogP contribution in [-0.2, 0) is 0 Å². The third-order valence-corrected chi connectivity index (χ3v) is 1.86. The number of allylic oxidation sites excluding steroid dienone is 2. The summed E-state index contributed by atoms with van der Waals surface area (Å²) in [4.78, 5) is 0. The molecule has 0 aliphatic heterocycles. The molecule has 0 heterocycles. The minimum atomic E-state index is 0.476. The Kier molecular flexibility index (Phi) is 4.38. The molecule has 0 N–H and O–H groups in total. The van der Waals surface area contributed by atoms with Gasteiger partial charge in [0.05, 0.1) is 0 Å². The summed E-state index contributed by atoms with van der Waals surface area (Å²) >= 11 is 0. The second kappa shape index (κ2) is 4.79. The topological polar surface area (TPSA) is 0 Å². The Labute approximate surface area is 70.0 Å². The SMILES string of the molecule is C#CCCC(C)C(=C)C(=C)C. The van der Waals surface area contributed by atoms with Gasteiger partial charge in [0.15, 0.2) is 0 Å². The van der Waals surface area contributed by atoms with Crippen LogP contribution in [0.15, 0.2) is 24.3 Å². The fraction of sp³-hybridized carbons (Fsp3) is 0.455. The quantitative estimate of drug-likeness (QED) is 0.424. The van der Waals surface area contributed by atoms with Crippen molar-refractivity contribution in [3.63, 3.8) is 0 Å². The van der Waals surface area contributed by atoms with E-state index >= 15 is 0 Å². The lowest BCUT2D eigenvalue weighted by molar-refractivity contribution is 0.636. The van der Waals surface area contributed by atoms with Crippen molar-refractivity contribution in [3.05, 3.63) is 24.3 Å². The van der Waals surface area contributed by atoms with Gasteiger partial charge >= 0.3 is 0 Å². The molecule has 0 rings (SSSR count). The maximum atomic E-state index is 5.15. The largest absolute Gasteiger partial charge is 0.120 e. The Morgan fingerprint density at radius 1 is 1.55 bits per heavy atom. The van der Waals surface area contributed by atoms with Crippen LogP contribution < -0.4 is 0 Å². The molecule has 1 atom stereocenters. The van der Waals surface area contributed by atoms with Crippen LogP contribution in [0.4, 0.5) is 0 Å². The van der Waals surface area contributed by atoms with Crippen LogP contribution in [-0.4, -0.2) is 0 Å². The molecule has 1 unspecified atom stereocenters. The van der Waals surface area contributed by atoms with Crippen LogP contribution >= 0.6 is 0 Å². The summed E-state index contributed by atoms with van der Waals surface area (Å²) in [6.45, 7) is 11.9. The van der Waals surface area contributed by atoms with Crippen molar-refractivity contribution >= 4 is 0 Å². The zero-order valence-electron chi connectivity index (χ0n) is 7.48. The van der Waals surface area contributed by atoms with Crippen molar-refractivity contribution < 1.29 is 0 Å². The second-order valence-electron chi connectivity index (χ2n) is 2.95. The molecule has 60 valence electrons. The van der Waals surface area contributed by atoms with Gasteiger partial charge in [0.25, 0.3) is 0 Å². The lowest BCUT2D eigenvalue weighted by Gasteiger charge is -2.12. The molecular weight excluding hydrogens is 132 g/mol. The van der Waals surface area contributed by atoms with E-state index in [0.717, 1.165) is 24.0 Å². The first kappa shape index (κ1) is 10.0. The average Bonchev–Trinajstić information content (AvgIpc) is 1.98. The average molecular weight is 148 g/mol. The fourth-order valence-electron chi connectivity index (χ4n) is 0.895. The lowest BCUT2D eigenvalue weighted by atomic mass is 9.93. The van der Waals surface area contributed by atoms with Crippen LogP contribution in [0, 0.1) is 18.3 Å². The van der Waals surface area contributed by atoms with Crippen molar-refractivity contribution in [2.24, 2.45) is 5.92 Å². The zero-order valence-corrected chi connectivity index (χ0v) is 7.48. The van der Waals surface area contributed by atoms with E-state index in [1.165, 1.54) is 0 Å². The van der Waals surface area contributed by atoms with E-state index in [4.69, 9.17) is 6.42 Å². The van der Waals surface area contributed by atoms with Crippen molar-refractivity contribution in [2.45, 2.75) is 26.7 Å². The molecule has 0 aromatic rings. The first-order valence-corrected chi connectivity index (χ1v) is 3.87. The van der Waals surface area contributed by atoms with Gasteiger partial charge in [0, 0.05) is 6.42 Å². The molecule has 0 aliphatic rings. The number of hydrogen-bond acceptors (Lipinski definition) is 0. The first-order chi connectivity index (χ1) is 5.09. The Balaban J connectivity index is 3.85. The summed E-state index contributed by atoms with van der Waals surface area (Å²) in [7, 11) is 0. The van der Waals surface area contributed by atoms with E-state index in [2.05, 4.69) is 26.0 Å². The molecular formula is C11H16. The van der Waals surface area contributed by atoms with Crippen LogP contribution in [0.5, 0.6) is 0 Å². The highest BCUT2D eigenvalue weighted by Crippen LogP contribution is 2.19. The summed E-state index contributed by atoms with van der Waals surface area (Å²) in [6.07, 6.45) is 6.99. The number of terminal acetylenes is 1. The summed E-state index contributed by atoms with van der Waals surface area (Å²) in [5.74, 6) is 3.10. The molecule has 0 amide bonds. The molecule has 0 aromatic carbocycles. The zero-order chi connectivity index (χ0) is 8.85. The molecule has 0 heteroatoms. The Hall–Kier alpha value is -0.960. The summed E-state index contributed by atoms with van der Waals surface area (Å²) in [6, 6.07) is 0. The van der Waals surface area contributed by atoms with Crippen molar-refractivity contribution in [1.29, 1.82) is 0 Å². The van der Waals surface area contributed by atoms with E-state index in [-0.39, 0.29) is 0 Å². The van der Waals surface area contributed by atoms with Gasteiger partial charge in [-0.25, -0.2) is 0 Å². The highest BCUT2D eigenvalue weighted by molar-refractivity contribution is 5.24. The Morgan fingerprint density at radius 3 is 2.45 bits per heavy atom. The van der Waals surface area contributed by atoms with Crippen molar-refractivity contribution in [3.8, 4) is 12.3 Å².